The van der Waals surface area contributed by atoms with Gasteiger partial charge in [0.25, 0.3) is 0 Å². The van der Waals surface area contributed by atoms with Gasteiger partial charge < -0.3 is 4.74 Å². The Morgan fingerprint density at radius 3 is 2.55 bits per heavy atom. The maximum Gasteiger partial charge on any atom is 0.196 e. The van der Waals surface area contributed by atoms with Crippen LogP contribution in [0.25, 0.3) is 0 Å². The fourth-order valence-corrected chi connectivity index (χ4v) is 2.37. The minimum absolute atomic E-state index is 0.228. The Morgan fingerprint density at radius 2 is 1.90 bits per heavy atom. The molecule has 2 rings (SSSR count). The summed E-state index contributed by atoms with van der Waals surface area (Å²) in [5.74, 6) is -0.351. The first-order chi connectivity index (χ1) is 9.59. The highest BCUT2D eigenvalue weighted by atomic mass is 35.5. The molecule has 1 unspecified atom stereocenters. The van der Waals surface area contributed by atoms with Crippen LogP contribution in [0.4, 0.5) is 4.39 Å². The number of hydrogen-bond donors (Lipinski definition) is 0. The Kier molecular flexibility index (Phi) is 4.58. The van der Waals surface area contributed by atoms with Crippen molar-refractivity contribution < 1.29 is 9.13 Å². The van der Waals surface area contributed by atoms with Crippen LogP contribution < -0.4 is 0 Å². The first-order valence-electron chi connectivity index (χ1n) is 6.34. The maximum absolute atomic E-state index is 14.4. The van der Waals surface area contributed by atoms with Gasteiger partial charge in [-0.25, -0.2) is 4.39 Å². The average Bonchev–Trinajstić information content (AvgIpc) is 2.48. The van der Waals surface area contributed by atoms with Gasteiger partial charge in [-0.05, 0) is 12.5 Å². The van der Waals surface area contributed by atoms with Crippen LogP contribution in [0, 0.1) is 12.7 Å². The zero-order valence-electron chi connectivity index (χ0n) is 11.3. The van der Waals surface area contributed by atoms with Crippen molar-refractivity contribution in [2.45, 2.75) is 12.0 Å². The highest BCUT2D eigenvalue weighted by Gasteiger charge is 2.35. The van der Waals surface area contributed by atoms with E-state index in [4.69, 9.17) is 16.3 Å². The number of alkyl halides is 1. The van der Waals surface area contributed by atoms with E-state index in [0.29, 0.717) is 16.7 Å². The van der Waals surface area contributed by atoms with Gasteiger partial charge in [0.05, 0.1) is 6.61 Å². The number of aryl methyl sites for hydroxylation is 1. The van der Waals surface area contributed by atoms with E-state index in [1.807, 2.05) is 30.3 Å². The van der Waals surface area contributed by atoms with E-state index in [0.717, 1.165) is 0 Å². The molecule has 0 aromatic heterocycles. The molecule has 0 saturated heterocycles. The predicted octanol–water partition coefficient (Wildman–Crippen LogP) is 4.78. The van der Waals surface area contributed by atoms with E-state index in [-0.39, 0.29) is 12.4 Å². The standard InChI is InChI=1S/C17H16ClFO/c1-3-12-20-17(18,14-9-5-4-6-10-14)15-11-7-8-13(2)16(15)19/h3-11H,1,12H2,2H3. The molecular formula is C17H16ClFO. The third-order valence-electron chi connectivity index (χ3n) is 3.08. The average molecular weight is 291 g/mol. The van der Waals surface area contributed by atoms with Crippen LogP contribution in [0.15, 0.2) is 61.2 Å². The van der Waals surface area contributed by atoms with Crippen molar-refractivity contribution in [2.24, 2.45) is 0 Å². The molecule has 20 heavy (non-hydrogen) atoms. The molecule has 0 bridgehead atoms. The Balaban J connectivity index is 2.57. The molecule has 1 nitrogen and oxygen atoms in total. The maximum atomic E-state index is 14.4. The van der Waals surface area contributed by atoms with Crippen molar-refractivity contribution in [1.82, 2.24) is 0 Å². The fourth-order valence-electron chi connectivity index (χ4n) is 2.04. The Hall–Kier alpha value is -1.64. The number of benzene rings is 2. The van der Waals surface area contributed by atoms with Crippen molar-refractivity contribution in [1.29, 1.82) is 0 Å². The third kappa shape index (κ3) is 2.77. The van der Waals surface area contributed by atoms with Crippen molar-refractivity contribution in [3.8, 4) is 0 Å². The van der Waals surface area contributed by atoms with Crippen LogP contribution in [-0.4, -0.2) is 6.61 Å². The molecule has 0 aliphatic heterocycles. The van der Waals surface area contributed by atoms with Crippen molar-refractivity contribution in [3.05, 3.63) is 83.7 Å². The molecule has 0 saturated carbocycles. The first kappa shape index (κ1) is 14.8. The molecule has 0 amide bonds. The van der Waals surface area contributed by atoms with Crippen molar-refractivity contribution >= 4 is 11.6 Å². The summed E-state index contributed by atoms with van der Waals surface area (Å²) in [5.41, 5.74) is 1.53. The van der Waals surface area contributed by atoms with E-state index in [1.165, 1.54) is 0 Å². The molecule has 2 aromatic rings. The Morgan fingerprint density at radius 1 is 1.20 bits per heavy atom. The van der Waals surface area contributed by atoms with Crippen LogP contribution in [0.2, 0.25) is 0 Å². The molecule has 0 aliphatic rings. The van der Waals surface area contributed by atoms with Crippen LogP contribution in [-0.2, 0) is 9.80 Å². The summed E-state index contributed by atoms with van der Waals surface area (Å²) in [7, 11) is 0. The highest BCUT2D eigenvalue weighted by Crippen LogP contribution is 2.39. The first-order valence-corrected chi connectivity index (χ1v) is 6.72. The molecule has 3 heteroatoms. The zero-order valence-corrected chi connectivity index (χ0v) is 12.0. The second-order valence-corrected chi connectivity index (χ2v) is 5.03. The molecule has 0 aliphatic carbocycles. The molecule has 0 N–H and O–H groups in total. The summed E-state index contributed by atoms with van der Waals surface area (Å²) in [6.07, 6.45) is 1.59. The van der Waals surface area contributed by atoms with Crippen molar-refractivity contribution in [2.75, 3.05) is 6.61 Å². The van der Waals surface area contributed by atoms with E-state index in [1.54, 1.807) is 31.2 Å². The quantitative estimate of drug-likeness (QED) is 0.569. The summed E-state index contributed by atoms with van der Waals surface area (Å²) in [4.78, 5) is 0. The Bertz CT molecular complexity index is 597. The van der Waals surface area contributed by atoms with Gasteiger partial charge in [-0.1, -0.05) is 66.2 Å². The molecule has 1 atom stereocenters. The second-order valence-electron chi connectivity index (χ2n) is 4.50. The number of halogens is 2. The number of rotatable bonds is 5. The predicted molar refractivity (Wildman–Crippen MR) is 80.4 cm³/mol. The van der Waals surface area contributed by atoms with Gasteiger partial charge in [-0.3, -0.25) is 0 Å². The number of hydrogen-bond acceptors (Lipinski definition) is 1. The molecule has 104 valence electrons. The van der Waals surface area contributed by atoms with Gasteiger partial charge in [-0.15, -0.1) is 6.58 Å². The van der Waals surface area contributed by atoms with E-state index in [2.05, 4.69) is 6.58 Å². The van der Waals surface area contributed by atoms with Crippen LogP contribution in [0.1, 0.15) is 16.7 Å². The van der Waals surface area contributed by atoms with Gasteiger partial charge in [0.2, 0.25) is 0 Å². The van der Waals surface area contributed by atoms with Gasteiger partial charge in [0, 0.05) is 11.1 Å². The highest BCUT2D eigenvalue weighted by molar-refractivity contribution is 6.25. The molecular weight excluding hydrogens is 275 g/mol. The topological polar surface area (TPSA) is 9.23 Å². The summed E-state index contributed by atoms with van der Waals surface area (Å²) < 4.78 is 20.1. The summed E-state index contributed by atoms with van der Waals surface area (Å²) in [5, 5.41) is -1.36. The van der Waals surface area contributed by atoms with Gasteiger partial charge in [0.1, 0.15) is 5.82 Å². The minimum atomic E-state index is -1.36. The third-order valence-corrected chi connectivity index (χ3v) is 3.61. The van der Waals surface area contributed by atoms with Crippen LogP contribution in [0.3, 0.4) is 0 Å². The van der Waals surface area contributed by atoms with Gasteiger partial charge >= 0.3 is 0 Å². The van der Waals surface area contributed by atoms with Gasteiger partial charge in [0.15, 0.2) is 5.06 Å². The van der Waals surface area contributed by atoms with Crippen LogP contribution in [0.5, 0.6) is 0 Å². The molecule has 2 aromatic carbocycles. The molecule has 0 fully saturated rings. The summed E-state index contributed by atoms with van der Waals surface area (Å²) in [6.45, 7) is 5.54. The largest absolute Gasteiger partial charge is 0.347 e. The van der Waals surface area contributed by atoms with E-state index >= 15 is 0 Å². The number of ether oxygens (including phenoxy) is 1. The molecule has 0 spiro atoms. The monoisotopic (exact) mass is 290 g/mol. The van der Waals surface area contributed by atoms with E-state index < -0.39 is 5.06 Å². The van der Waals surface area contributed by atoms with Crippen molar-refractivity contribution in [3.63, 3.8) is 0 Å². The van der Waals surface area contributed by atoms with E-state index in [9.17, 15) is 4.39 Å². The lowest BCUT2D eigenvalue weighted by atomic mass is 9.98. The molecule has 0 heterocycles. The zero-order chi connectivity index (χ0) is 14.6. The molecule has 0 radical (unpaired) electrons. The lowest BCUT2D eigenvalue weighted by Crippen LogP contribution is -2.26. The van der Waals surface area contributed by atoms with Gasteiger partial charge in [-0.2, -0.15) is 0 Å². The lowest BCUT2D eigenvalue weighted by Gasteiger charge is -2.28. The minimum Gasteiger partial charge on any atom is -0.347 e. The van der Waals surface area contributed by atoms with Crippen LogP contribution >= 0.6 is 11.6 Å². The fraction of sp³-hybridized carbons (Fsp3) is 0.176. The summed E-state index contributed by atoms with van der Waals surface area (Å²) in [6, 6.07) is 14.3. The SMILES string of the molecule is C=CCOC(Cl)(c1ccccc1)c1cccc(C)c1F. The lowest BCUT2D eigenvalue weighted by molar-refractivity contribution is 0.0648. The smallest absolute Gasteiger partial charge is 0.196 e. The Labute approximate surface area is 123 Å². The normalized spacial score (nSPS) is 13.8. The summed E-state index contributed by atoms with van der Waals surface area (Å²) >= 11 is 6.64. The second kappa shape index (κ2) is 6.21.